The first kappa shape index (κ1) is 18.2. The second-order valence-corrected chi connectivity index (χ2v) is 5.14. The lowest BCUT2D eigenvalue weighted by Crippen LogP contribution is -2.21. The molecule has 2 rings (SSSR count). The Bertz CT molecular complexity index is 754. The number of anilines is 1. The molecule has 0 radical (unpaired) electrons. The van der Waals surface area contributed by atoms with Crippen molar-refractivity contribution in [2.24, 2.45) is 0 Å². The maximum Gasteiger partial charge on any atom is 0.338 e. The number of amides is 2. The molecule has 0 aliphatic carbocycles. The summed E-state index contributed by atoms with van der Waals surface area (Å²) in [4.78, 5) is 35.1. The van der Waals surface area contributed by atoms with Gasteiger partial charge in [-0.2, -0.15) is 0 Å². The van der Waals surface area contributed by atoms with E-state index >= 15 is 0 Å². The van der Waals surface area contributed by atoms with Gasteiger partial charge >= 0.3 is 5.97 Å². The Hall–Kier alpha value is -3.19. The van der Waals surface area contributed by atoms with Gasteiger partial charge in [-0.25, -0.2) is 4.79 Å². The van der Waals surface area contributed by atoms with E-state index in [0.717, 1.165) is 0 Å². The lowest BCUT2D eigenvalue weighted by atomic mass is 10.1. The van der Waals surface area contributed by atoms with Crippen LogP contribution in [0.2, 0.25) is 0 Å². The van der Waals surface area contributed by atoms with Gasteiger partial charge in [0.15, 0.2) is 6.61 Å². The SMILES string of the molecule is CNC(=O)c1ccc(NC(=O)COC(=O)c2ccc(CO)cc2)cc1. The molecule has 130 valence electrons. The Morgan fingerprint density at radius 1 is 0.960 bits per heavy atom. The number of nitrogens with one attached hydrogen (secondary N) is 2. The highest BCUT2D eigenvalue weighted by Crippen LogP contribution is 2.10. The number of carbonyl (C=O) groups excluding carboxylic acids is 3. The molecule has 0 saturated carbocycles. The Balaban J connectivity index is 1.85. The van der Waals surface area contributed by atoms with Crippen LogP contribution in [0.3, 0.4) is 0 Å². The Morgan fingerprint density at radius 3 is 2.12 bits per heavy atom. The number of ether oxygens (including phenoxy) is 1. The molecule has 2 aromatic carbocycles. The van der Waals surface area contributed by atoms with Crippen LogP contribution in [0.5, 0.6) is 0 Å². The summed E-state index contributed by atoms with van der Waals surface area (Å²) in [5.74, 6) is -1.35. The van der Waals surface area contributed by atoms with Crippen LogP contribution in [-0.2, 0) is 16.1 Å². The summed E-state index contributed by atoms with van der Waals surface area (Å²) < 4.78 is 4.94. The predicted molar refractivity (Wildman–Crippen MR) is 91.1 cm³/mol. The molecule has 3 N–H and O–H groups in total. The number of carbonyl (C=O) groups is 3. The summed E-state index contributed by atoms with van der Waals surface area (Å²) in [6.45, 7) is -0.547. The van der Waals surface area contributed by atoms with Crippen molar-refractivity contribution < 1.29 is 24.2 Å². The third kappa shape index (κ3) is 5.15. The normalized spacial score (nSPS) is 10.0. The average Bonchev–Trinajstić information content (AvgIpc) is 2.66. The van der Waals surface area contributed by atoms with E-state index < -0.39 is 18.5 Å². The molecule has 0 aliphatic heterocycles. The Morgan fingerprint density at radius 2 is 1.56 bits per heavy atom. The van der Waals surface area contributed by atoms with Crippen molar-refractivity contribution in [3.63, 3.8) is 0 Å². The van der Waals surface area contributed by atoms with Gasteiger partial charge in [-0.15, -0.1) is 0 Å². The van der Waals surface area contributed by atoms with E-state index in [1.165, 1.54) is 19.2 Å². The van der Waals surface area contributed by atoms with Crippen LogP contribution in [0.25, 0.3) is 0 Å². The zero-order valence-corrected chi connectivity index (χ0v) is 13.6. The second-order valence-electron chi connectivity index (χ2n) is 5.14. The number of benzene rings is 2. The molecule has 0 unspecified atom stereocenters. The van der Waals surface area contributed by atoms with E-state index in [2.05, 4.69) is 10.6 Å². The van der Waals surface area contributed by atoms with E-state index in [1.807, 2.05) is 0 Å². The van der Waals surface area contributed by atoms with Gasteiger partial charge in [0, 0.05) is 18.3 Å². The molecule has 0 heterocycles. The standard InChI is InChI=1S/C18H18N2O5/c1-19-17(23)13-6-8-15(9-7-13)20-16(22)11-25-18(24)14-4-2-12(10-21)3-5-14/h2-9,21H,10-11H2,1H3,(H,19,23)(H,20,22). The number of esters is 1. The topological polar surface area (TPSA) is 105 Å². The summed E-state index contributed by atoms with van der Waals surface area (Å²) >= 11 is 0. The first-order valence-corrected chi connectivity index (χ1v) is 7.52. The van der Waals surface area contributed by atoms with E-state index in [-0.39, 0.29) is 12.5 Å². The van der Waals surface area contributed by atoms with Gasteiger partial charge in [-0.05, 0) is 42.0 Å². The van der Waals surface area contributed by atoms with Crippen molar-refractivity contribution in [3.8, 4) is 0 Å². The van der Waals surface area contributed by atoms with Gasteiger partial charge in [0.1, 0.15) is 0 Å². The highest BCUT2D eigenvalue weighted by Gasteiger charge is 2.11. The minimum Gasteiger partial charge on any atom is -0.452 e. The van der Waals surface area contributed by atoms with Gasteiger partial charge in [0.25, 0.3) is 11.8 Å². The lowest BCUT2D eigenvalue weighted by molar-refractivity contribution is -0.119. The fourth-order valence-corrected chi connectivity index (χ4v) is 2.01. The molecular formula is C18H18N2O5. The van der Waals surface area contributed by atoms with Crippen molar-refractivity contribution in [2.75, 3.05) is 19.0 Å². The van der Waals surface area contributed by atoms with Crippen molar-refractivity contribution in [3.05, 3.63) is 65.2 Å². The van der Waals surface area contributed by atoms with Crippen LogP contribution < -0.4 is 10.6 Å². The zero-order chi connectivity index (χ0) is 18.2. The van der Waals surface area contributed by atoms with Crippen molar-refractivity contribution in [1.29, 1.82) is 0 Å². The van der Waals surface area contributed by atoms with Gasteiger partial charge in [0.2, 0.25) is 0 Å². The van der Waals surface area contributed by atoms with Gasteiger partial charge in [-0.1, -0.05) is 12.1 Å². The highest BCUT2D eigenvalue weighted by molar-refractivity contribution is 5.97. The maximum absolute atomic E-state index is 11.8. The number of hydrogen-bond donors (Lipinski definition) is 3. The van der Waals surface area contributed by atoms with Crippen LogP contribution in [-0.4, -0.2) is 36.5 Å². The number of hydrogen-bond acceptors (Lipinski definition) is 5. The minimum absolute atomic E-state index is 0.115. The average molecular weight is 342 g/mol. The van der Waals surface area contributed by atoms with E-state index in [0.29, 0.717) is 22.4 Å². The smallest absolute Gasteiger partial charge is 0.338 e. The van der Waals surface area contributed by atoms with Crippen LogP contribution >= 0.6 is 0 Å². The molecule has 2 amide bonds. The number of rotatable bonds is 6. The zero-order valence-electron chi connectivity index (χ0n) is 13.6. The van der Waals surface area contributed by atoms with Gasteiger partial charge in [0.05, 0.1) is 12.2 Å². The Labute approximate surface area is 144 Å². The van der Waals surface area contributed by atoms with E-state index in [4.69, 9.17) is 9.84 Å². The van der Waals surface area contributed by atoms with Crippen molar-refractivity contribution in [1.82, 2.24) is 5.32 Å². The molecule has 0 atom stereocenters. The molecule has 25 heavy (non-hydrogen) atoms. The van der Waals surface area contributed by atoms with E-state index in [9.17, 15) is 14.4 Å². The summed E-state index contributed by atoms with van der Waals surface area (Å²) in [5.41, 5.74) is 1.92. The largest absolute Gasteiger partial charge is 0.452 e. The molecule has 0 bridgehead atoms. The predicted octanol–water partition coefficient (Wildman–Crippen LogP) is 1.33. The summed E-state index contributed by atoms with van der Waals surface area (Å²) in [7, 11) is 1.53. The van der Waals surface area contributed by atoms with Crippen LogP contribution in [0.4, 0.5) is 5.69 Å². The molecular weight excluding hydrogens is 324 g/mol. The minimum atomic E-state index is -0.630. The Kier molecular flexibility index (Phi) is 6.25. The number of aliphatic hydroxyl groups excluding tert-OH is 1. The summed E-state index contributed by atoms with van der Waals surface area (Å²) in [6.07, 6.45) is 0. The molecule has 7 heteroatoms. The van der Waals surface area contributed by atoms with E-state index in [1.54, 1.807) is 36.4 Å². The first-order valence-electron chi connectivity index (χ1n) is 7.52. The molecule has 7 nitrogen and oxygen atoms in total. The van der Waals surface area contributed by atoms with Crippen LogP contribution in [0.15, 0.2) is 48.5 Å². The summed E-state index contributed by atoms with van der Waals surface area (Å²) in [6, 6.07) is 12.5. The monoisotopic (exact) mass is 342 g/mol. The molecule has 2 aromatic rings. The van der Waals surface area contributed by atoms with Crippen molar-refractivity contribution >= 4 is 23.5 Å². The highest BCUT2D eigenvalue weighted by atomic mass is 16.5. The third-order valence-electron chi connectivity index (χ3n) is 3.36. The third-order valence-corrected chi connectivity index (χ3v) is 3.36. The quantitative estimate of drug-likeness (QED) is 0.687. The fraction of sp³-hybridized carbons (Fsp3) is 0.167. The second kappa shape index (κ2) is 8.60. The van der Waals surface area contributed by atoms with Gasteiger partial charge < -0.3 is 20.5 Å². The molecule has 0 saturated heterocycles. The van der Waals surface area contributed by atoms with Crippen LogP contribution in [0, 0.1) is 0 Å². The van der Waals surface area contributed by atoms with Crippen molar-refractivity contribution in [2.45, 2.75) is 6.61 Å². The summed E-state index contributed by atoms with van der Waals surface area (Å²) in [5, 5.41) is 14.0. The first-order chi connectivity index (χ1) is 12.0. The lowest BCUT2D eigenvalue weighted by Gasteiger charge is -2.07. The molecule has 0 aliphatic rings. The molecule has 0 aromatic heterocycles. The molecule has 0 spiro atoms. The van der Waals surface area contributed by atoms with Gasteiger partial charge in [-0.3, -0.25) is 9.59 Å². The van der Waals surface area contributed by atoms with Crippen LogP contribution in [0.1, 0.15) is 26.3 Å². The maximum atomic E-state index is 11.8. The fourth-order valence-electron chi connectivity index (χ4n) is 2.01. The molecule has 0 fully saturated rings. The number of aliphatic hydroxyl groups is 1.